The third kappa shape index (κ3) is 2.62. The van der Waals surface area contributed by atoms with Crippen LogP contribution in [0.4, 0.5) is 5.69 Å². The smallest absolute Gasteiger partial charge is 0.122 e. The number of nitrogens with two attached hydrogens (primary N) is 1. The van der Waals surface area contributed by atoms with Crippen LogP contribution >= 0.6 is 12.2 Å². The summed E-state index contributed by atoms with van der Waals surface area (Å²) in [4.78, 5) is 9.43. The van der Waals surface area contributed by atoms with Gasteiger partial charge in [0.2, 0.25) is 0 Å². The topological polar surface area (TPSA) is 45.4 Å². The highest BCUT2D eigenvalue weighted by atomic mass is 32.1. The Morgan fingerprint density at radius 2 is 1.94 bits per heavy atom. The number of hydrogen-bond acceptors (Lipinski definition) is 4. The third-order valence-electron chi connectivity index (χ3n) is 3.73. The fourth-order valence-electron chi connectivity index (χ4n) is 2.33. The highest BCUT2D eigenvalue weighted by molar-refractivity contribution is 7.80. The highest BCUT2D eigenvalue weighted by Crippen LogP contribution is 2.20. The molecule has 2 unspecified atom stereocenters. The van der Waals surface area contributed by atoms with Gasteiger partial charge in [0.25, 0.3) is 0 Å². The molecule has 1 aliphatic heterocycles. The summed E-state index contributed by atoms with van der Waals surface area (Å²) >= 11 is 4.91. The average molecular weight is 264 g/mol. The first-order valence-electron chi connectivity index (χ1n) is 6.21. The molecule has 18 heavy (non-hydrogen) atoms. The maximum atomic E-state index is 5.55. The molecule has 0 amide bonds. The number of aromatic nitrogens is 1. The number of hydrogen-bond donors (Lipinski definition) is 1. The van der Waals surface area contributed by atoms with Crippen LogP contribution in [0.5, 0.6) is 0 Å². The molecular weight excluding hydrogens is 244 g/mol. The summed E-state index contributed by atoms with van der Waals surface area (Å²) in [6.45, 7) is 6.54. The lowest BCUT2D eigenvalue weighted by Gasteiger charge is -2.43. The molecule has 2 rings (SSSR count). The van der Waals surface area contributed by atoms with Gasteiger partial charge in [-0.25, -0.2) is 0 Å². The summed E-state index contributed by atoms with van der Waals surface area (Å²) in [6.07, 6.45) is 1.86. The van der Waals surface area contributed by atoms with E-state index < -0.39 is 0 Å². The van der Waals surface area contributed by atoms with E-state index in [9.17, 15) is 0 Å². The standard InChI is InChI=1S/C13H20N4S/c1-9-7-17(8-10(2)16(9)3)11-4-5-12(13(14)18)15-6-11/h4-6,9-10H,7-8H2,1-3H3,(H2,14,18). The van der Waals surface area contributed by atoms with Crippen molar-refractivity contribution < 1.29 is 0 Å². The van der Waals surface area contributed by atoms with Gasteiger partial charge in [0.1, 0.15) is 4.99 Å². The molecule has 1 fully saturated rings. The predicted octanol–water partition coefficient (Wildman–Crippen LogP) is 1.24. The second-order valence-corrected chi connectivity index (χ2v) is 5.47. The number of nitrogens with zero attached hydrogens (tertiary/aromatic N) is 3. The lowest BCUT2D eigenvalue weighted by molar-refractivity contribution is 0.170. The summed E-state index contributed by atoms with van der Waals surface area (Å²) in [5.41, 5.74) is 7.38. The van der Waals surface area contributed by atoms with Crippen LogP contribution in [-0.2, 0) is 0 Å². The molecule has 1 aromatic heterocycles. The van der Waals surface area contributed by atoms with E-state index in [1.165, 1.54) is 0 Å². The van der Waals surface area contributed by atoms with Gasteiger partial charge in [-0.2, -0.15) is 0 Å². The normalized spacial score (nSPS) is 25.2. The van der Waals surface area contributed by atoms with Crippen LogP contribution < -0.4 is 10.6 Å². The van der Waals surface area contributed by atoms with Crippen molar-refractivity contribution in [1.29, 1.82) is 0 Å². The molecule has 0 aromatic carbocycles. The molecule has 0 aliphatic carbocycles. The Morgan fingerprint density at radius 1 is 1.33 bits per heavy atom. The lowest BCUT2D eigenvalue weighted by Crippen LogP contribution is -2.55. The summed E-state index contributed by atoms with van der Waals surface area (Å²) in [5.74, 6) is 0. The molecule has 2 heterocycles. The Bertz CT molecular complexity index is 419. The number of likely N-dealkylation sites (N-methyl/N-ethyl adjacent to an activating group) is 1. The van der Waals surface area contributed by atoms with Crippen molar-refractivity contribution in [3.63, 3.8) is 0 Å². The van der Waals surface area contributed by atoms with Crippen molar-refractivity contribution in [1.82, 2.24) is 9.88 Å². The number of piperazine rings is 1. The number of thiocarbonyl (C=S) groups is 1. The fraction of sp³-hybridized carbons (Fsp3) is 0.538. The molecule has 0 spiro atoms. The Balaban J connectivity index is 2.14. The van der Waals surface area contributed by atoms with Crippen LogP contribution in [-0.4, -0.2) is 47.1 Å². The zero-order valence-electron chi connectivity index (χ0n) is 11.1. The van der Waals surface area contributed by atoms with Crippen LogP contribution in [0, 0.1) is 0 Å². The quantitative estimate of drug-likeness (QED) is 0.814. The first-order chi connectivity index (χ1) is 8.49. The van der Waals surface area contributed by atoms with Gasteiger partial charge in [-0.15, -0.1) is 0 Å². The molecule has 5 heteroatoms. The monoisotopic (exact) mass is 264 g/mol. The Kier molecular flexibility index (Phi) is 3.82. The van der Waals surface area contributed by atoms with Gasteiger partial charge in [-0.1, -0.05) is 12.2 Å². The van der Waals surface area contributed by atoms with E-state index in [4.69, 9.17) is 18.0 Å². The van der Waals surface area contributed by atoms with E-state index in [0.29, 0.717) is 22.8 Å². The average Bonchev–Trinajstić information content (AvgIpc) is 2.35. The molecule has 4 nitrogen and oxygen atoms in total. The van der Waals surface area contributed by atoms with Crippen LogP contribution in [0.3, 0.4) is 0 Å². The minimum absolute atomic E-state index is 0.349. The predicted molar refractivity (Wildman–Crippen MR) is 79.0 cm³/mol. The van der Waals surface area contributed by atoms with Gasteiger partial charge in [0.05, 0.1) is 17.6 Å². The zero-order valence-corrected chi connectivity index (χ0v) is 11.9. The molecule has 1 saturated heterocycles. The van der Waals surface area contributed by atoms with Crippen molar-refractivity contribution in [3.8, 4) is 0 Å². The first kappa shape index (κ1) is 13.2. The summed E-state index contributed by atoms with van der Waals surface area (Å²) in [5, 5.41) is 0. The molecule has 1 aliphatic rings. The Hall–Kier alpha value is -1.20. The molecule has 2 N–H and O–H groups in total. The molecule has 2 atom stereocenters. The zero-order chi connectivity index (χ0) is 13.3. The van der Waals surface area contributed by atoms with E-state index in [-0.39, 0.29) is 0 Å². The number of pyridine rings is 1. The molecule has 98 valence electrons. The third-order valence-corrected chi connectivity index (χ3v) is 3.93. The molecule has 1 aromatic rings. The maximum absolute atomic E-state index is 5.55. The minimum atomic E-state index is 0.349. The second kappa shape index (κ2) is 5.20. The van der Waals surface area contributed by atoms with Gasteiger partial charge in [-0.3, -0.25) is 9.88 Å². The van der Waals surface area contributed by atoms with Crippen LogP contribution in [0.15, 0.2) is 18.3 Å². The van der Waals surface area contributed by atoms with Gasteiger partial charge >= 0.3 is 0 Å². The first-order valence-corrected chi connectivity index (χ1v) is 6.62. The van der Waals surface area contributed by atoms with Gasteiger partial charge in [0, 0.05) is 25.2 Å². The number of anilines is 1. The summed E-state index contributed by atoms with van der Waals surface area (Å²) in [6, 6.07) is 5.03. The van der Waals surface area contributed by atoms with Crippen molar-refractivity contribution in [2.75, 3.05) is 25.0 Å². The summed E-state index contributed by atoms with van der Waals surface area (Å²) in [7, 11) is 2.18. The van der Waals surface area contributed by atoms with Gasteiger partial charge < -0.3 is 10.6 Å². The van der Waals surface area contributed by atoms with Crippen LogP contribution in [0.25, 0.3) is 0 Å². The van der Waals surface area contributed by atoms with E-state index in [1.54, 1.807) is 0 Å². The van der Waals surface area contributed by atoms with Crippen molar-refractivity contribution in [3.05, 3.63) is 24.0 Å². The van der Waals surface area contributed by atoms with Crippen molar-refractivity contribution in [2.24, 2.45) is 5.73 Å². The largest absolute Gasteiger partial charge is 0.388 e. The minimum Gasteiger partial charge on any atom is -0.388 e. The van der Waals surface area contributed by atoms with E-state index >= 15 is 0 Å². The Morgan fingerprint density at radius 3 is 2.39 bits per heavy atom. The van der Waals surface area contributed by atoms with Crippen LogP contribution in [0.1, 0.15) is 19.5 Å². The molecule has 0 bridgehead atoms. The maximum Gasteiger partial charge on any atom is 0.122 e. The molecule has 0 saturated carbocycles. The summed E-state index contributed by atoms with van der Waals surface area (Å²) < 4.78 is 0. The molecule has 0 radical (unpaired) electrons. The van der Waals surface area contributed by atoms with E-state index in [0.717, 1.165) is 18.8 Å². The van der Waals surface area contributed by atoms with Crippen molar-refractivity contribution >= 4 is 22.9 Å². The highest BCUT2D eigenvalue weighted by Gasteiger charge is 2.26. The van der Waals surface area contributed by atoms with Crippen molar-refractivity contribution in [2.45, 2.75) is 25.9 Å². The van der Waals surface area contributed by atoms with Crippen LogP contribution in [0.2, 0.25) is 0 Å². The van der Waals surface area contributed by atoms with Gasteiger partial charge in [-0.05, 0) is 33.0 Å². The second-order valence-electron chi connectivity index (χ2n) is 5.03. The van der Waals surface area contributed by atoms with E-state index in [2.05, 4.69) is 35.7 Å². The lowest BCUT2D eigenvalue weighted by atomic mass is 10.1. The van der Waals surface area contributed by atoms with E-state index in [1.807, 2.05) is 18.3 Å². The van der Waals surface area contributed by atoms with Gasteiger partial charge in [0.15, 0.2) is 0 Å². The SMILES string of the molecule is CC1CN(c2ccc(C(N)=S)nc2)CC(C)N1C. The fourth-order valence-corrected chi connectivity index (χ4v) is 2.45. The number of rotatable bonds is 2. The Labute approximate surface area is 114 Å². The molecular formula is C13H20N4S.